The molecule has 0 saturated heterocycles. The molecule has 5 heteroatoms. The molecule has 0 aliphatic carbocycles. The summed E-state index contributed by atoms with van der Waals surface area (Å²) >= 11 is 0. The molecule has 0 bridgehead atoms. The molecule has 0 spiro atoms. The summed E-state index contributed by atoms with van der Waals surface area (Å²) in [5.74, 6) is -0.250. The van der Waals surface area contributed by atoms with Gasteiger partial charge in [0, 0.05) is 20.0 Å². The highest BCUT2D eigenvalue weighted by Gasteiger charge is 2.17. The van der Waals surface area contributed by atoms with E-state index in [9.17, 15) is 13.2 Å². The Morgan fingerprint density at radius 2 is 1.84 bits per heavy atom. The van der Waals surface area contributed by atoms with Crippen LogP contribution in [0.5, 0.6) is 0 Å². The van der Waals surface area contributed by atoms with Gasteiger partial charge in [0.25, 0.3) is 0 Å². The lowest BCUT2D eigenvalue weighted by Gasteiger charge is -2.16. The van der Waals surface area contributed by atoms with Crippen LogP contribution in [-0.4, -0.2) is 38.6 Å². The normalized spacial score (nSPS) is 11.3. The quantitative estimate of drug-likeness (QED) is 0.770. The maximum atomic E-state index is 12.0. The van der Waals surface area contributed by atoms with E-state index in [1.165, 1.54) is 0 Å². The van der Waals surface area contributed by atoms with E-state index in [2.05, 4.69) is 6.92 Å². The van der Waals surface area contributed by atoms with Gasteiger partial charge in [0.1, 0.15) is 0 Å². The molecule has 1 aromatic rings. The van der Waals surface area contributed by atoms with Gasteiger partial charge in [-0.25, -0.2) is 8.42 Å². The summed E-state index contributed by atoms with van der Waals surface area (Å²) in [6, 6.07) is 8.24. The van der Waals surface area contributed by atoms with Crippen molar-refractivity contribution in [3.63, 3.8) is 0 Å². The lowest BCUT2D eigenvalue weighted by atomic mass is 10.3. The lowest BCUT2D eigenvalue weighted by molar-refractivity contribution is -0.129. The fourth-order valence-electron chi connectivity index (χ4n) is 1.68. The lowest BCUT2D eigenvalue weighted by Crippen LogP contribution is -2.29. The van der Waals surface area contributed by atoms with E-state index < -0.39 is 9.84 Å². The Hall–Kier alpha value is -1.36. The molecule has 1 aromatic carbocycles. The SMILES string of the molecule is CCCCN(C)C(=O)CCS(=O)(=O)c1ccccc1. The Labute approximate surface area is 115 Å². The minimum Gasteiger partial charge on any atom is -0.346 e. The Morgan fingerprint density at radius 1 is 1.21 bits per heavy atom. The van der Waals surface area contributed by atoms with Gasteiger partial charge in [-0.1, -0.05) is 31.5 Å². The van der Waals surface area contributed by atoms with Crippen molar-refractivity contribution in [2.45, 2.75) is 31.1 Å². The number of hydrogen-bond acceptors (Lipinski definition) is 3. The zero-order chi connectivity index (χ0) is 14.3. The standard InChI is InChI=1S/C14H21NO3S/c1-3-4-11-15(2)14(16)10-12-19(17,18)13-8-6-5-7-9-13/h5-9H,3-4,10-12H2,1-2H3. The van der Waals surface area contributed by atoms with Crippen LogP contribution in [0.4, 0.5) is 0 Å². The van der Waals surface area contributed by atoms with Gasteiger partial charge in [-0.3, -0.25) is 4.79 Å². The predicted molar refractivity (Wildman–Crippen MR) is 75.7 cm³/mol. The minimum atomic E-state index is -3.36. The molecule has 4 nitrogen and oxygen atoms in total. The minimum absolute atomic E-state index is 0.0391. The molecule has 0 radical (unpaired) electrons. The van der Waals surface area contributed by atoms with Crippen LogP contribution < -0.4 is 0 Å². The Kier molecular flexibility index (Phi) is 6.02. The number of carbonyl (C=O) groups is 1. The first-order valence-electron chi connectivity index (χ1n) is 6.49. The molecule has 0 saturated carbocycles. The van der Waals surface area contributed by atoms with Gasteiger partial charge in [0.15, 0.2) is 9.84 Å². The maximum Gasteiger partial charge on any atom is 0.223 e. The average molecular weight is 283 g/mol. The molecule has 0 atom stereocenters. The number of nitrogens with zero attached hydrogens (tertiary/aromatic N) is 1. The van der Waals surface area contributed by atoms with Crippen molar-refractivity contribution in [2.75, 3.05) is 19.3 Å². The first kappa shape index (κ1) is 15.7. The van der Waals surface area contributed by atoms with E-state index in [-0.39, 0.29) is 23.0 Å². The van der Waals surface area contributed by atoms with E-state index >= 15 is 0 Å². The van der Waals surface area contributed by atoms with Crippen LogP contribution in [0.15, 0.2) is 35.2 Å². The van der Waals surface area contributed by atoms with Gasteiger partial charge in [0.2, 0.25) is 5.91 Å². The van der Waals surface area contributed by atoms with E-state index in [0.29, 0.717) is 6.54 Å². The largest absolute Gasteiger partial charge is 0.346 e. The molecule has 0 N–H and O–H groups in total. The fraction of sp³-hybridized carbons (Fsp3) is 0.500. The third-order valence-corrected chi connectivity index (χ3v) is 4.69. The average Bonchev–Trinajstić information content (AvgIpc) is 2.43. The molecular weight excluding hydrogens is 262 g/mol. The van der Waals surface area contributed by atoms with Gasteiger partial charge >= 0.3 is 0 Å². The van der Waals surface area contributed by atoms with E-state index in [0.717, 1.165) is 12.8 Å². The van der Waals surface area contributed by atoms with Crippen LogP contribution in [0.3, 0.4) is 0 Å². The summed E-state index contributed by atoms with van der Waals surface area (Å²) in [4.78, 5) is 13.7. The Bertz CT molecular complexity index is 497. The second-order valence-corrected chi connectivity index (χ2v) is 6.66. The third-order valence-electron chi connectivity index (χ3n) is 2.96. The van der Waals surface area contributed by atoms with Crippen molar-refractivity contribution in [3.8, 4) is 0 Å². The summed E-state index contributed by atoms with van der Waals surface area (Å²) in [7, 11) is -1.64. The highest BCUT2D eigenvalue weighted by Crippen LogP contribution is 2.11. The maximum absolute atomic E-state index is 12.0. The Morgan fingerprint density at radius 3 is 2.42 bits per heavy atom. The first-order chi connectivity index (χ1) is 8.97. The van der Waals surface area contributed by atoms with Gasteiger partial charge in [-0.2, -0.15) is 0 Å². The van der Waals surface area contributed by atoms with Crippen molar-refractivity contribution in [2.24, 2.45) is 0 Å². The highest BCUT2D eigenvalue weighted by atomic mass is 32.2. The van der Waals surface area contributed by atoms with Crippen LogP contribution in [-0.2, 0) is 14.6 Å². The molecule has 1 amide bonds. The van der Waals surface area contributed by atoms with Crippen LogP contribution >= 0.6 is 0 Å². The van der Waals surface area contributed by atoms with Crippen LogP contribution in [0.1, 0.15) is 26.2 Å². The van der Waals surface area contributed by atoms with E-state index in [4.69, 9.17) is 0 Å². The fourth-order valence-corrected chi connectivity index (χ4v) is 2.93. The van der Waals surface area contributed by atoms with Gasteiger partial charge < -0.3 is 4.90 Å². The third kappa shape index (κ3) is 5.03. The number of unbranched alkanes of at least 4 members (excludes halogenated alkanes) is 1. The van der Waals surface area contributed by atoms with Gasteiger partial charge in [0.05, 0.1) is 10.6 Å². The van der Waals surface area contributed by atoms with E-state index in [1.54, 1.807) is 42.3 Å². The van der Waals surface area contributed by atoms with Crippen molar-refractivity contribution in [1.29, 1.82) is 0 Å². The number of amides is 1. The summed E-state index contributed by atoms with van der Waals surface area (Å²) in [6.07, 6.45) is 1.99. The number of benzene rings is 1. The van der Waals surface area contributed by atoms with Crippen molar-refractivity contribution in [1.82, 2.24) is 4.90 Å². The number of hydrogen-bond donors (Lipinski definition) is 0. The van der Waals surface area contributed by atoms with Crippen LogP contribution in [0.2, 0.25) is 0 Å². The van der Waals surface area contributed by atoms with Crippen molar-refractivity contribution < 1.29 is 13.2 Å². The molecule has 0 aliphatic rings. The summed E-state index contributed by atoms with van der Waals surface area (Å²) in [5, 5.41) is 0. The predicted octanol–water partition coefficient (Wildman–Crippen LogP) is 2.11. The number of rotatable bonds is 7. The van der Waals surface area contributed by atoms with Gasteiger partial charge in [-0.15, -0.1) is 0 Å². The summed E-state index contributed by atoms with van der Waals surface area (Å²) in [5.41, 5.74) is 0. The first-order valence-corrected chi connectivity index (χ1v) is 8.14. The molecule has 106 valence electrons. The summed E-state index contributed by atoms with van der Waals surface area (Å²) < 4.78 is 24.0. The second-order valence-electron chi connectivity index (χ2n) is 4.55. The molecule has 0 aromatic heterocycles. The molecule has 19 heavy (non-hydrogen) atoms. The highest BCUT2D eigenvalue weighted by molar-refractivity contribution is 7.91. The monoisotopic (exact) mass is 283 g/mol. The number of sulfone groups is 1. The summed E-state index contributed by atoms with van der Waals surface area (Å²) in [6.45, 7) is 2.74. The van der Waals surface area contributed by atoms with Crippen molar-refractivity contribution in [3.05, 3.63) is 30.3 Å². The van der Waals surface area contributed by atoms with Crippen LogP contribution in [0, 0.1) is 0 Å². The molecule has 0 fully saturated rings. The zero-order valence-electron chi connectivity index (χ0n) is 11.5. The Balaban J connectivity index is 2.54. The molecule has 0 unspecified atom stereocenters. The van der Waals surface area contributed by atoms with E-state index in [1.807, 2.05) is 0 Å². The van der Waals surface area contributed by atoms with Crippen molar-refractivity contribution >= 4 is 15.7 Å². The molecule has 0 heterocycles. The molecular formula is C14H21NO3S. The smallest absolute Gasteiger partial charge is 0.223 e. The van der Waals surface area contributed by atoms with Gasteiger partial charge in [-0.05, 0) is 18.6 Å². The second kappa shape index (κ2) is 7.28. The van der Waals surface area contributed by atoms with Crippen LogP contribution in [0.25, 0.3) is 0 Å². The topological polar surface area (TPSA) is 54.5 Å². The molecule has 0 aliphatic heterocycles. The zero-order valence-corrected chi connectivity index (χ0v) is 12.3. The molecule has 1 rings (SSSR count). The number of carbonyl (C=O) groups excluding carboxylic acids is 1.